The van der Waals surface area contributed by atoms with Crippen LogP contribution in [0.15, 0.2) is 66.7 Å². The van der Waals surface area contributed by atoms with Gasteiger partial charge in [-0.15, -0.1) is 0 Å². The van der Waals surface area contributed by atoms with Crippen molar-refractivity contribution >= 4 is 10.9 Å². The highest BCUT2D eigenvalue weighted by Gasteiger charge is 2.22. The van der Waals surface area contributed by atoms with Gasteiger partial charge in [0, 0.05) is 22.5 Å². The van der Waals surface area contributed by atoms with Gasteiger partial charge in [-0.2, -0.15) is 0 Å². The minimum Gasteiger partial charge on any atom is -0.358 e. The Labute approximate surface area is 198 Å². The zero-order valence-corrected chi connectivity index (χ0v) is 19.1. The van der Waals surface area contributed by atoms with Crippen LogP contribution in [0.2, 0.25) is 0 Å². The number of aryl methyl sites for hydroxylation is 1. The number of aromatic amines is 1. The Morgan fingerprint density at radius 3 is 2.18 bits per heavy atom. The molecule has 0 saturated carbocycles. The lowest BCUT2D eigenvalue weighted by Gasteiger charge is -2.23. The summed E-state index contributed by atoms with van der Waals surface area (Å²) >= 11 is 0. The Morgan fingerprint density at radius 2 is 1.50 bits per heavy atom. The highest BCUT2D eigenvalue weighted by atomic mass is 19.1. The molecule has 1 atom stereocenters. The predicted octanol–water partition coefficient (Wildman–Crippen LogP) is 6.89. The largest absolute Gasteiger partial charge is 0.358 e. The van der Waals surface area contributed by atoms with Crippen LogP contribution in [0, 0.1) is 23.4 Å². The number of nitrogens with one attached hydrogen (secondary N) is 2. The van der Waals surface area contributed by atoms with E-state index in [-0.39, 0.29) is 23.4 Å². The Hall–Kier alpha value is -3.05. The number of hydrogen-bond donors (Lipinski definition) is 2. The number of fused-ring (bicyclic) bond motifs is 3. The molecule has 1 aliphatic carbocycles. The lowest BCUT2D eigenvalue weighted by atomic mass is 9.86. The van der Waals surface area contributed by atoms with Gasteiger partial charge in [-0.1, -0.05) is 24.3 Å². The second-order valence-electron chi connectivity index (χ2n) is 9.38. The van der Waals surface area contributed by atoms with Crippen molar-refractivity contribution in [3.05, 3.63) is 107 Å². The molecule has 1 unspecified atom stereocenters. The smallest absolute Gasteiger partial charge is 0.123 e. The monoisotopic (exact) mass is 462 g/mol. The summed E-state index contributed by atoms with van der Waals surface area (Å²) < 4.78 is 40.6. The quantitative estimate of drug-likeness (QED) is 0.274. The van der Waals surface area contributed by atoms with Gasteiger partial charge in [0.2, 0.25) is 0 Å². The zero-order chi connectivity index (χ0) is 23.5. The lowest BCUT2D eigenvalue weighted by molar-refractivity contribution is 0.420. The summed E-state index contributed by atoms with van der Waals surface area (Å²) in [6.45, 7) is 1.81. The third-order valence-corrected chi connectivity index (χ3v) is 7.08. The number of benzene rings is 3. The number of rotatable bonds is 8. The molecule has 1 aliphatic rings. The van der Waals surface area contributed by atoms with E-state index in [1.807, 2.05) is 30.3 Å². The molecular formula is C29H29F3N2. The standard InChI is InChI=1S/C29H29F3N2/c30-22-8-4-20(5-9-22)25(21-6-10-23(31)11-7-21)2-1-15-33-18-19-3-13-28-26(16-19)27-17-24(32)12-14-29(27)34-28/h4-12,14,17,19,25,33-34H,1-3,13,15-16,18H2. The Balaban J connectivity index is 1.17. The first-order valence-corrected chi connectivity index (χ1v) is 12.1. The van der Waals surface area contributed by atoms with Crippen LogP contribution in [0.5, 0.6) is 0 Å². The molecule has 0 spiro atoms. The van der Waals surface area contributed by atoms with E-state index >= 15 is 0 Å². The van der Waals surface area contributed by atoms with E-state index in [0.717, 1.165) is 67.2 Å². The molecule has 4 aromatic rings. The van der Waals surface area contributed by atoms with Gasteiger partial charge in [-0.05, 0) is 110 Å². The normalized spacial score (nSPS) is 15.7. The van der Waals surface area contributed by atoms with Crippen molar-refractivity contribution in [2.45, 2.75) is 38.0 Å². The van der Waals surface area contributed by atoms with E-state index in [9.17, 15) is 13.2 Å². The Bertz CT molecular complexity index is 1200. The van der Waals surface area contributed by atoms with Gasteiger partial charge in [-0.25, -0.2) is 13.2 Å². The van der Waals surface area contributed by atoms with Crippen molar-refractivity contribution in [3.63, 3.8) is 0 Å². The average molecular weight is 463 g/mol. The maximum absolute atomic E-state index is 13.8. The highest BCUT2D eigenvalue weighted by molar-refractivity contribution is 5.85. The number of aromatic nitrogens is 1. The molecule has 0 fully saturated rings. The summed E-state index contributed by atoms with van der Waals surface area (Å²) in [5, 5.41) is 4.62. The van der Waals surface area contributed by atoms with Crippen molar-refractivity contribution in [2.24, 2.45) is 5.92 Å². The first-order valence-electron chi connectivity index (χ1n) is 12.1. The predicted molar refractivity (Wildman–Crippen MR) is 131 cm³/mol. The van der Waals surface area contributed by atoms with E-state index in [4.69, 9.17) is 0 Å². The molecule has 5 rings (SSSR count). The zero-order valence-electron chi connectivity index (χ0n) is 19.1. The van der Waals surface area contributed by atoms with Crippen molar-refractivity contribution in [2.75, 3.05) is 13.1 Å². The van der Waals surface area contributed by atoms with Crippen LogP contribution in [0.1, 0.15) is 47.6 Å². The second-order valence-corrected chi connectivity index (χ2v) is 9.38. The molecular weight excluding hydrogens is 433 g/mol. The molecule has 0 saturated heterocycles. The fourth-order valence-corrected chi connectivity index (χ4v) is 5.29. The molecule has 2 N–H and O–H groups in total. The van der Waals surface area contributed by atoms with Gasteiger partial charge in [0.05, 0.1) is 0 Å². The summed E-state index contributed by atoms with van der Waals surface area (Å²) in [6.07, 6.45) is 4.91. The van der Waals surface area contributed by atoms with Crippen molar-refractivity contribution in [1.82, 2.24) is 10.3 Å². The Morgan fingerprint density at radius 1 is 0.853 bits per heavy atom. The molecule has 0 aliphatic heterocycles. The van der Waals surface area contributed by atoms with Gasteiger partial charge in [0.1, 0.15) is 17.5 Å². The van der Waals surface area contributed by atoms with Crippen LogP contribution in [-0.2, 0) is 12.8 Å². The maximum atomic E-state index is 13.8. The molecule has 1 heterocycles. The van der Waals surface area contributed by atoms with Crippen LogP contribution in [0.3, 0.4) is 0 Å². The van der Waals surface area contributed by atoms with Crippen LogP contribution < -0.4 is 5.32 Å². The van der Waals surface area contributed by atoms with Crippen LogP contribution in [0.4, 0.5) is 13.2 Å². The molecule has 0 radical (unpaired) electrons. The summed E-state index contributed by atoms with van der Waals surface area (Å²) in [6, 6.07) is 18.2. The van der Waals surface area contributed by atoms with Crippen LogP contribution in [0.25, 0.3) is 10.9 Å². The third-order valence-electron chi connectivity index (χ3n) is 7.08. The van der Waals surface area contributed by atoms with Gasteiger partial charge >= 0.3 is 0 Å². The van der Waals surface area contributed by atoms with E-state index in [2.05, 4.69) is 10.3 Å². The fourth-order valence-electron chi connectivity index (χ4n) is 5.29. The summed E-state index contributed by atoms with van der Waals surface area (Å²) in [5.74, 6) is -0.0683. The van der Waals surface area contributed by atoms with Crippen molar-refractivity contribution in [3.8, 4) is 0 Å². The molecule has 176 valence electrons. The van der Waals surface area contributed by atoms with Gasteiger partial charge in [0.15, 0.2) is 0 Å². The maximum Gasteiger partial charge on any atom is 0.123 e. The number of H-pyrrole nitrogens is 1. The minimum absolute atomic E-state index is 0.0985. The molecule has 3 aromatic carbocycles. The lowest BCUT2D eigenvalue weighted by Crippen LogP contribution is -2.28. The minimum atomic E-state index is -0.253. The highest BCUT2D eigenvalue weighted by Crippen LogP contribution is 2.32. The number of halogens is 3. The van der Waals surface area contributed by atoms with Crippen molar-refractivity contribution < 1.29 is 13.2 Å². The topological polar surface area (TPSA) is 27.8 Å². The van der Waals surface area contributed by atoms with E-state index < -0.39 is 0 Å². The molecule has 2 nitrogen and oxygen atoms in total. The molecule has 0 bridgehead atoms. The first kappa shape index (κ1) is 22.7. The van der Waals surface area contributed by atoms with Crippen LogP contribution in [-0.4, -0.2) is 18.1 Å². The van der Waals surface area contributed by atoms with Crippen molar-refractivity contribution in [1.29, 1.82) is 0 Å². The molecule has 0 amide bonds. The average Bonchev–Trinajstić information content (AvgIpc) is 3.20. The first-order chi connectivity index (χ1) is 16.6. The van der Waals surface area contributed by atoms with E-state index in [0.29, 0.717) is 5.92 Å². The van der Waals surface area contributed by atoms with E-state index in [1.165, 1.54) is 41.6 Å². The van der Waals surface area contributed by atoms with E-state index in [1.54, 1.807) is 6.07 Å². The molecule has 1 aromatic heterocycles. The molecule has 5 heteroatoms. The SMILES string of the molecule is Fc1ccc(C(CCCNCC2CCc3[nH]c4ccc(F)cc4c3C2)c2ccc(F)cc2)cc1. The van der Waals surface area contributed by atoms with Gasteiger partial charge < -0.3 is 10.3 Å². The second kappa shape index (κ2) is 10.1. The van der Waals surface area contributed by atoms with Crippen LogP contribution >= 0.6 is 0 Å². The van der Waals surface area contributed by atoms with Gasteiger partial charge in [0.25, 0.3) is 0 Å². The fraction of sp³-hybridized carbons (Fsp3) is 0.310. The van der Waals surface area contributed by atoms with Gasteiger partial charge in [-0.3, -0.25) is 0 Å². The summed E-state index contributed by atoms with van der Waals surface area (Å²) in [4.78, 5) is 3.46. The number of hydrogen-bond acceptors (Lipinski definition) is 1. The molecule has 34 heavy (non-hydrogen) atoms. The summed E-state index contributed by atoms with van der Waals surface area (Å²) in [7, 11) is 0. The third kappa shape index (κ3) is 5.05. The summed E-state index contributed by atoms with van der Waals surface area (Å²) in [5.41, 5.74) is 5.62. The Kier molecular flexibility index (Phi) is 6.73.